The number of terminal acetylenes is 1. The number of hydrogen-bond acceptors (Lipinski definition) is 1. The molecule has 0 saturated heterocycles. The summed E-state index contributed by atoms with van der Waals surface area (Å²) < 4.78 is 5.01. The topological polar surface area (TPSA) is 9.23 Å². The molecule has 55 valence electrons. The van der Waals surface area contributed by atoms with E-state index in [4.69, 9.17) is 11.2 Å². The van der Waals surface area contributed by atoms with Gasteiger partial charge in [0.1, 0.15) is 13.2 Å². The Morgan fingerprint density at radius 2 is 2.09 bits per heavy atom. The Kier molecular flexibility index (Phi) is 3.24. The Morgan fingerprint density at radius 1 is 1.36 bits per heavy atom. The van der Waals surface area contributed by atoms with Crippen molar-refractivity contribution >= 4 is 0 Å². The maximum atomic E-state index is 5.01. The van der Waals surface area contributed by atoms with E-state index in [0.717, 1.165) is 5.56 Å². The first-order chi connectivity index (χ1) is 5.43. The molecule has 1 aromatic rings. The van der Waals surface area contributed by atoms with Crippen LogP contribution in [0.5, 0.6) is 0 Å². The maximum Gasteiger partial charge on any atom is 0.114 e. The fraction of sp³-hybridized carbons (Fsp3) is 0.100. The smallest absolute Gasteiger partial charge is 0.114 e. The van der Waals surface area contributed by atoms with Gasteiger partial charge in [0.05, 0.1) is 0 Å². The third-order valence-corrected chi connectivity index (χ3v) is 1.19. The van der Waals surface area contributed by atoms with Crippen molar-refractivity contribution in [3.8, 4) is 12.3 Å². The van der Waals surface area contributed by atoms with Gasteiger partial charge in [0.15, 0.2) is 0 Å². The van der Waals surface area contributed by atoms with Crippen LogP contribution in [0, 0.1) is 19.0 Å². The quantitative estimate of drug-likeness (QED) is 0.466. The summed E-state index contributed by atoms with van der Waals surface area (Å²) in [7, 11) is 0. The number of rotatable bonds is 3. The number of ether oxygens (including phenoxy) is 1. The van der Waals surface area contributed by atoms with Crippen LogP contribution in [-0.2, 0) is 4.74 Å². The van der Waals surface area contributed by atoms with Gasteiger partial charge in [0, 0.05) is 0 Å². The van der Waals surface area contributed by atoms with E-state index < -0.39 is 0 Å². The summed E-state index contributed by atoms with van der Waals surface area (Å²) in [4.78, 5) is 0. The second kappa shape index (κ2) is 4.54. The van der Waals surface area contributed by atoms with Gasteiger partial charge in [0.25, 0.3) is 0 Å². The minimum Gasteiger partial charge on any atom is -0.358 e. The Bertz CT molecular complexity index is 233. The van der Waals surface area contributed by atoms with Crippen LogP contribution in [0.25, 0.3) is 0 Å². The average molecular weight is 145 g/mol. The molecule has 0 aliphatic heterocycles. The molecule has 0 atom stereocenters. The molecule has 0 aliphatic rings. The minimum atomic E-state index is 0.328. The highest BCUT2D eigenvalue weighted by Gasteiger charge is 1.89. The molecular formula is C10H9O. The molecule has 0 fully saturated rings. The number of benzene rings is 1. The van der Waals surface area contributed by atoms with Gasteiger partial charge in [-0.1, -0.05) is 36.3 Å². The Balaban J connectivity index is 2.35. The van der Waals surface area contributed by atoms with Gasteiger partial charge in [0.2, 0.25) is 0 Å². The molecule has 1 aromatic carbocycles. The SMILES string of the molecule is C#CCO[CH]c1ccccc1. The van der Waals surface area contributed by atoms with Gasteiger partial charge in [-0.2, -0.15) is 0 Å². The molecule has 1 radical (unpaired) electrons. The van der Waals surface area contributed by atoms with Crippen molar-refractivity contribution in [1.29, 1.82) is 0 Å². The van der Waals surface area contributed by atoms with E-state index in [1.807, 2.05) is 30.3 Å². The number of hydrogen-bond donors (Lipinski definition) is 0. The summed E-state index contributed by atoms with van der Waals surface area (Å²) in [5.41, 5.74) is 1.03. The Labute approximate surface area is 67.0 Å². The van der Waals surface area contributed by atoms with E-state index in [0.29, 0.717) is 6.61 Å². The second-order valence-corrected chi connectivity index (χ2v) is 2.04. The van der Waals surface area contributed by atoms with Crippen molar-refractivity contribution < 1.29 is 4.74 Å². The van der Waals surface area contributed by atoms with Gasteiger partial charge < -0.3 is 4.74 Å². The van der Waals surface area contributed by atoms with E-state index in [1.165, 1.54) is 0 Å². The van der Waals surface area contributed by atoms with E-state index in [2.05, 4.69) is 5.92 Å². The lowest BCUT2D eigenvalue weighted by Crippen LogP contribution is -1.88. The lowest BCUT2D eigenvalue weighted by atomic mass is 10.2. The first-order valence-electron chi connectivity index (χ1n) is 3.37. The largest absolute Gasteiger partial charge is 0.358 e. The van der Waals surface area contributed by atoms with Crippen molar-refractivity contribution in [2.45, 2.75) is 0 Å². The highest BCUT2D eigenvalue weighted by Crippen LogP contribution is 2.01. The first-order valence-corrected chi connectivity index (χ1v) is 3.37. The summed E-state index contributed by atoms with van der Waals surface area (Å²) in [6.45, 7) is 1.98. The van der Waals surface area contributed by atoms with Gasteiger partial charge in [-0.25, -0.2) is 0 Å². The molecule has 0 heterocycles. The summed E-state index contributed by atoms with van der Waals surface area (Å²) in [6, 6.07) is 9.77. The third kappa shape index (κ3) is 2.88. The molecule has 0 N–H and O–H groups in total. The van der Waals surface area contributed by atoms with Crippen LogP contribution in [-0.4, -0.2) is 6.61 Å². The molecule has 1 heteroatoms. The third-order valence-electron chi connectivity index (χ3n) is 1.19. The van der Waals surface area contributed by atoms with Gasteiger partial charge in [-0.3, -0.25) is 0 Å². The summed E-state index contributed by atoms with van der Waals surface area (Å²) in [5.74, 6) is 2.38. The lowest BCUT2D eigenvalue weighted by molar-refractivity contribution is 0.254. The van der Waals surface area contributed by atoms with Gasteiger partial charge in [-0.05, 0) is 5.56 Å². The monoisotopic (exact) mass is 145 g/mol. The predicted molar refractivity (Wildman–Crippen MR) is 44.6 cm³/mol. The minimum absolute atomic E-state index is 0.328. The molecular weight excluding hydrogens is 136 g/mol. The fourth-order valence-electron chi connectivity index (χ4n) is 0.718. The van der Waals surface area contributed by atoms with E-state index in [-0.39, 0.29) is 0 Å². The highest BCUT2D eigenvalue weighted by atomic mass is 16.5. The molecule has 0 aliphatic carbocycles. The van der Waals surface area contributed by atoms with Crippen LogP contribution in [0.4, 0.5) is 0 Å². The van der Waals surface area contributed by atoms with Crippen molar-refractivity contribution in [1.82, 2.24) is 0 Å². The standard InChI is InChI=1S/C10H9O/c1-2-8-11-9-10-6-4-3-5-7-10/h1,3-7,9H,8H2. The first kappa shape index (κ1) is 7.84. The predicted octanol–water partition coefficient (Wildman–Crippen LogP) is 1.85. The van der Waals surface area contributed by atoms with E-state index in [9.17, 15) is 0 Å². The van der Waals surface area contributed by atoms with Crippen molar-refractivity contribution in [3.63, 3.8) is 0 Å². The zero-order valence-corrected chi connectivity index (χ0v) is 6.16. The summed E-state index contributed by atoms with van der Waals surface area (Å²) >= 11 is 0. The molecule has 1 rings (SSSR count). The Morgan fingerprint density at radius 3 is 2.73 bits per heavy atom. The van der Waals surface area contributed by atoms with Crippen LogP contribution >= 0.6 is 0 Å². The van der Waals surface area contributed by atoms with Crippen molar-refractivity contribution in [2.24, 2.45) is 0 Å². The molecule has 0 unspecified atom stereocenters. The fourth-order valence-corrected chi connectivity index (χ4v) is 0.718. The maximum absolute atomic E-state index is 5.01. The summed E-state index contributed by atoms with van der Waals surface area (Å²) in [5, 5.41) is 0. The summed E-state index contributed by atoms with van der Waals surface area (Å²) in [6.07, 6.45) is 5.00. The van der Waals surface area contributed by atoms with Crippen molar-refractivity contribution in [3.05, 3.63) is 42.5 Å². The molecule has 0 saturated carbocycles. The zero-order chi connectivity index (χ0) is 7.94. The van der Waals surface area contributed by atoms with Crippen LogP contribution in [0.1, 0.15) is 5.56 Å². The van der Waals surface area contributed by atoms with E-state index in [1.54, 1.807) is 6.61 Å². The molecule has 11 heavy (non-hydrogen) atoms. The second-order valence-electron chi connectivity index (χ2n) is 2.04. The molecule has 0 aromatic heterocycles. The lowest BCUT2D eigenvalue weighted by Gasteiger charge is -1.97. The normalized spacial score (nSPS) is 9.00. The van der Waals surface area contributed by atoms with Gasteiger partial charge in [-0.15, -0.1) is 6.42 Å². The average Bonchev–Trinajstić information content (AvgIpc) is 2.07. The van der Waals surface area contributed by atoms with Gasteiger partial charge >= 0.3 is 0 Å². The van der Waals surface area contributed by atoms with Crippen LogP contribution < -0.4 is 0 Å². The van der Waals surface area contributed by atoms with Crippen LogP contribution in [0.3, 0.4) is 0 Å². The van der Waals surface area contributed by atoms with E-state index >= 15 is 0 Å². The molecule has 0 spiro atoms. The Hall–Kier alpha value is -1.26. The molecule has 0 amide bonds. The highest BCUT2D eigenvalue weighted by molar-refractivity contribution is 5.19. The van der Waals surface area contributed by atoms with Crippen LogP contribution in [0.2, 0.25) is 0 Å². The molecule has 0 bridgehead atoms. The zero-order valence-electron chi connectivity index (χ0n) is 6.16. The molecule has 1 nitrogen and oxygen atoms in total. The van der Waals surface area contributed by atoms with Crippen molar-refractivity contribution in [2.75, 3.05) is 6.61 Å². The van der Waals surface area contributed by atoms with Crippen LogP contribution in [0.15, 0.2) is 30.3 Å².